The van der Waals surface area contributed by atoms with Gasteiger partial charge >= 0.3 is 0 Å². The molecule has 15 heavy (non-hydrogen) atoms. The minimum Gasteiger partial charge on any atom is -0.382 e. The van der Waals surface area contributed by atoms with Crippen molar-refractivity contribution in [2.75, 3.05) is 0 Å². The maximum atomic E-state index is 12.0. The highest BCUT2D eigenvalue weighted by molar-refractivity contribution is 6.02. The third-order valence-electron chi connectivity index (χ3n) is 3.07. The minimum atomic E-state index is -1.27. The molecule has 1 aromatic rings. The zero-order valence-electron chi connectivity index (χ0n) is 9.53. The minimum absolute atomic E-state index is 0.0368. The predicted octanol–water partition coefficient (Wildman–Crippen LogP) is 2.67. The average molecular weight is 206 g/mol. The fourth-order valence-corrected chi connectivity index (χ4v) is 1.50. The van der Waals surface area contributed by atoms with Crippen molar-refractivity contribution in [2.24, 2.45) is 5.92 Å². The van der Waals surface area contributed by atoms with Crippen LogP contribution in [0.1, 0.15) is 37.6 Å². The number of carbonyl (C=O) groups excluding carboxylic acids is 1. The zero-order chi connectivity index (χ0) is 11.5. The Balaban J connectivity index is 2.94. The SMILES string of the molecule is CCC(C)C(C)(O)C(=O)c1ccccc1. The summed E-state index contributed by atoms with van der Waals surface area (Å²) >= 11 is 0. The van der Waals surface area contributed by atoms with Gasteiger partial charge in [0.1, 0.15) is 5.60 Å². The Morgan fingerprint density at radius 1 is 1.40 bits per heavy atom. The van der Waals surface area contributed by atoms with Crippen molar-refractivity contribution >= 4 is 5.78 Å². The Morgan fingerprint density at radius 3 is 2.40 bits per heavy atom. The van der Waals surface area contributed by atoms with Gasteiger partial charge in [0, 0.05) is 5.56 Å². The highest BCUT2D eigenvalue weighted by atomic mass is 16.3. The molecular weight excluding hydrogens is 188 g/mol. The van der Waals surface area contributed by atoms with Crippen molar-refractivity contribution < 1.29 is 9.90 Å². The van der Waals surface area contributed by atoms with E-state index in [0.29, 0.717) is 5.56 Å². The maximum Gasteiger partial charge on any atom is 0.194 e. The van der Waals surface area contributed by atoms with E-state index in [-0.39, 0.29) is 11.7 Å². The van der Waals surface area contributed by atoms with Crippen molar-refractivity contribution in [3.63, 3.8) is 0 Å². The quantitative estimate of drug-likeness (QED) is 0.769. The summed E-state index contributed by atoms with van der Waals surface area (Å²) in [5, 5.41) is 10.2. The Bertz CT molecular complexity index is 328. The van der Waals surface area contributed by atoms with Gasteiger partial charge in [0.15, 0.2) is 5.78 Å². The zero-order valence-corrected chi connectivity index (χ0v) is 9.53. The lowest BCUT2D eigenvalue weighted by molar-refractivity contribution is 0.0121. The number of carbonyl (C=O) groups is 1. The molecule has 0 aliphatic heterocycles. The molecule has 0 spiro atoms. The van der Waals surface area contributed by atoms with Gasteiger partial charge in [-0.15, -0.1) is 0 Å². The van der Waals surface area contributed by atoms with Gasteiger partial charge in [0.25, 0.3) is 0 Å². The molecule has 2 nitrogen and oxygen atoms in total. The van der Waals surface area contributed by atoms with Crippen LogP contribution in [0, 0.1) is 5.92 Å². The molecule has 2 heteroatoms. The van der Waals surface area contributed by atoms with E-state index in [1.165, 1.54) is 0 Å². The Kier molecular flexibility index (Phi) is 3.64. The standard InChI is InChI=1S/C13H18O2/c1-4-10(2)13(3,15)12(14)11-8-6-5-7-9-11/h5-10,15H,4H2,1-3H3. The fourth-order valence-electron chi connectivity index (χ4n) is 1.50. The van der Waals surface area contributed by atoms with Crippen LogP contribution in [0.3, 0.4) is 0 Å². The van der Waals surface area contributed by atoms with Crippen LogP contribution in [0.2, 0.25) is 0 Å². The number of aliphatic hydroxyl groups is 1. The predicted molar refractivity (Wildman–Crippen MR) is 60.9 cm³/mol. The van der Waals surface area contributed by atoms with Gasteiger partial charge in [-0.05, 0) is 12.8 Å². The average Bonchev–Trinajstić information content (AvgIpc) is 2.28. The topological polar surface area (TPSA) is 37.3 Å². The van der Waals surface area contributed by atoms with Crippen molar-refractivity contribution in [3.05, 3.63) is 35.9 Å². The summed E-state index contributed by atoms with van der Waals surface area (Å²) in [7, 11) is 0. The molecular formula is C13H18O2. The molecule has 2 atom stereocenters. The summed E-state index contributed by atoms with van der Waals surface area (Å²) in [6.07, 6.45) is 0.783. The molecule has 82 valence electrons. The molecule has 1 N–H and O–H groups in total. The van der Waals surface area contributed by atoms with Gasteiger partial charge in [-0.3, -0.25) is 4.79 Å². The van der Waals surface area contributed by atoms with Crippen LogP contribution in [0.4, 0.5) is 0 Å². The van der Waals surface area contributed by atoms with Gasteiger partial charge in [-0.1, -0.05) is 50.6 Å². The summed E-state index contributed by atoms with van der Waals surface area (Å²) in [5.41, 5.74) is -0.696. The first-order valence-electron chi connectivity index (χ1n) is 5.32. The second-order valence-electron chi connectivity index (χ2n) is 4.15. The largest absolute Gasteiger partial charge is 0.382 e. The van der Waals surface area contributed by atoms with Crippen molar-refractivity contribution in [1.82, 2.24) is 0 Å². The number of rotatable bonds is 4. The summed E-state index contributed by atoms with van der Waals surface area (Å²) < 4.78 is 0. The van der Waals surface area contributed by atoms with Crippen LogP contribution in [0.5, 0.6) is 0 Å². The molecule has 0 aliphatic carbocycles. The van der Waals surface area contributed by atoms with Gasteiger partial charge in [-0.25, -0.2) is 0 Å². The van der Waals surface area contributed by atoms with E-state index in [2.05, 4.69) is 0 Å². The van der Waals surface area contributed by atoms with Crippen LogP contribution in [-0.4, -0.2) is 16.5 Å². The Morgan fingerprint density at radius 2 is 1.93 bits per heavy atom. The third kappa shape index (κ3) is 2.45. The lowest BCUT2D eigenvalue weighted by Gasteiger charge is -2.28. The van der Waals surface area contributed by atoms with Crippen LogP contribution in [-0.2, 0) is 0 Å². The highest BCUT2D eigenvalue weighted by Crippen LogP contribution is 2.24. The molecule has 0 bridgehead atoms. The van der Waals surface area contributed by atoms with Crippen molar-refractivity contribution in [3.8, 4) is 0 Å². The van der Waals surface area contributed by atoms with E-state index in [0.717, 1.165) is 6.42 Å². The summed E-state index contributed by atoms with van der Waals surface area (Å²) in [6.45, 7) is 5.45. The lowest BCUT2D eigenvalue weighted by atomic mass is 9.82. The van der Waals surface area contributed by atoms with E-state index >= 15 is 0 Å². The van der Waals surface area contributed by atoms with E-state index in [1.54, 1.807) is 31.2 Å². The summed E-state index contributed by atoms with van der Waals surface area (Å²) in [4.78, 5) is 12.0. The molecule has 1 aromatic carbocycles. The smallest absolute Gasteiger partial charge is 0.194 e. The molecule has 0 radical (unpaired) electrons. The van der Waals surface area contributed by atoms with E-state index in [4.69, 9.17) is 0 Å². The van der Waals surface area contributed by atoms with E-state index in [1.807, 2.05) is 19.9 Å². The molecule has 0 saturated heterocycles. The van der Waals surface area contributed by atoms with Crippen LogP contribution < -0.4 is 0 Å². The normalized spacial score (nSPS) is 16.8. The Labute approximate surface area is 90.9 Å². The second-order valence-corrected chi connectivity index (χ2v) is 4.15. The highest BCUT2D eigenvalue weighted by Gasteiger charge is 2.35. The van der Waals surface area contributed by atoms with Gasteiger partial charge in [0.05, 0.1) is 0 Å². The first kappa shape index (κ1) is 11.9. The molecule has 1 rings (SSSR count). The van der Waals surface area contributed by atoms with E-state index in [9.17, 15) is 9.90 Å². The Hall–Kier alpha value is -1.15. The number of Topliss-reactive ketones (excluding diaryl/α,β-unsaturated/α-hetero) is 1. The first-order chi connectivity index (χ1) is 7.00. The molecule has 0 heterocycles. The molecule has 0 amide bonds. The summed E-state index contributed by atoms with van der Waals surface area (Å²) in [6, 6.07) is 8.94. The van der Waals surface area contributed by atoms with Gasteiger partial charge in [0.2, 0.25) is 0 Å². The monoisotopic (exact) mass is 206 g/mol. The molecule has 2 unspecified atom stereocenters. The molecule has 0 aromatic heterocycles. The number of benzene rings is 1. The molecule has 0 fully saturated rings. The van der Waals surface area contributed by atoms with Crippen molar-refractivity contribution in [2.45, 2.75) is 32.8 Å². The molecule has 0 saturated carbocycles. The second kappa shape index (κ2) is 4.58. The number of hydrogen-bond acceptors (Lipinski definition) is 2. The summed E-state index contributed by atoms with van der Waals surface area (Å²) in [5.74, 6) is -0.234. The maximum absolute atomic E-state index is 12.0. The van der Waals surface area contributed by atoms with Gasteiger partial charge < -0.3 is 5.11 Å². The van der Waals surface area contributed by atoms with Gasteiger partial charge in [-0.2, -0.15) is 0 Å². The fraction of sp³-hybridized carbons (Fsp3) is 0.462. The van der Waals surface area contributed by atoms with E-state index < -0.39 is 5.60 Å². The first-order valence-corrected chi connectivity index (χ1v) is 5.32. The molecule has 0 aliphatic rings. The number of ketones is 1. The van der Waals surface area contributed by atoms with Crippen LogP contribution in [0.15, 0.2) is 30.3 Å². The van der Waals surface area contributed by atoms with Crippen LogP contribution >= 0.6 is 0 Å². The number of hydrogen-bond donors (Lipinski definition) is 1. The lowest BCUT2D eigenvalue weighted by Crippen LogP contribution is -2.41. The third-order valence-corrected chi connectivity index (χ3v) is 3.07. The van der Waals surface area contributed by atoms with Crippen LogP contribution in [0.25, 0.3) is 0 Å². The van der Waals surface area contributed by atoms with Crippen molar-refractivity contribution in [1.29, 1.82) is 0 Å².